The fraction of sp³-hybridized carbons (Fsp3) is 0.350. The monoisotopic (exact) mass is 405 g/mol. The number of benzene rings is 2. The summed E-state index contributed by atoms with van der Waals surface area (Å²) in [6, 6.07) is 15.5. The van der Waals surface area contributed by atoms with E-state index in [0.29, 0.717) is 11.3 Å². The molecule has 1 fully saturated rings. The minimum absolute atomic E-state index is 0.171. The van der Waals surface area contributed by atoms with E-state index in [2.05, 4.69) is 5.48 Å². The number of hydrogen-bond donors (Lipinski definition) is 5. The van der Waals surface area contributed by atoms with Gasteiger partial charge < -0.3 is 29.9 Å². The molecule has 5 N–H and O–H groups in total. The number of aliphatic hydroxyl groups excluding tert-OH is 3. The van der Waals surface area contributed by atoms with Crippen molar-refractivity contribution >= 4 is 11.7 Å². The molecule has 29 heavy (non-hydrogen) atoms. The van der Waals surface area contributed by atoms with Crippen LogP contribution in [0.4, 0.5) is 5.69 Å². The van der Waals surface area contributed by atoms with E-state index in [0.717, 1.165) is 5.56 Å². The molecule has 0 radical (unpaired) electrons. The fourth-order valence-corrected chi connectivity index (χ4v) is 2.84. The number of aliphatic hydroxyl groups is 4. The number of hydrogen-bond acceptors (Lipinski definition) is 9. The summed E-state index contributed by atoms with van der Waals surface area (Å²) in [6.45, 7) is -0.900. The van der Waals surface area contributed by atoms with Gasteiger partial charge in [0.2, 0.25) is 5.79 Å². The second kappa shape index (κ2) is 9.31. The van der Waals surface area contributed by atoms with E-state index in [1.165, 1.54) is 0 Å². The maximum atomic E-state index is 12.1. The van der Waals surface area contributed by atoms with Crippen molar-refractivity contribution in [1.29, 1.82) is 0 Å². The van der Waals surface area contributed by atoms with Gasteiger partial charge in [0, 0.05) is 0 Å². The van der Waals surface area contributed by atoms with Gasteiger partial charge in [-0.05, 0) is 29.8 Å². The van der Waals surface area contributed by atoms with Gasteiger partial charge in [0.25, 0.3) is 0 Å². The van der Waals surface area contributed by atoms with Crippen molar-refractivity contribution in [3.8, 4) is 0 Å². The number of rotatable bonds is 8. The van der Waals surface area contributed by atoms with Gasteiger partial charge in [0.1, 0.15) is 31.5 Å². The predicted molar refractivity (Wildman–Crippen MR) is 101 cm³/mol. The van der Waals surface area contributed by atoms with Gasteiger partial charge in [-0.25, -0.2) is 4.79 Å². The molecule has 0 amide bonds. The smallest absolute Gasteiger partial charge is 0.338 e. The third-order valence-corrected chi connectivity index (χ3v) is 4.50. The Hall–Kier alpha value is -2.53. The molecule has 156 valence electrons. The first kappa shape index (κ1) is 21.2. The van der Waals surface area contributed by atoms with Crippen LogP contribution in [0.15, 0.2) is 54.6 Å². The summed E-state index contributed by atoms with van der Waals surface area (Å²) >= 11 is 0. The van der Waals surface area contributed by atoms with Gasteiger partial charge >= 0.3 is 5.97 Å². The van der Waals surface area contributed by atoms with Crippen LogP contribution < -0.4 is 5.48 Å². The molecule has 4 atom stereocenters. The Bertz CT molecular complexity index is 800. The average Bonchev–Trinajstić information content (AvgIpc) is 2.97. The second-order valence-corrected chi connectivity index (χ2v) is 6.65. The Morgan fingerprint density at radius 2 is 1.79 bits per heavy atom. The van der Waals surface area contributed by atoms with Crippen LogP contribution in [-0.4, -0.2) is 63.7 Å². The van der Waals surface area contributed by atoms with Gasteiger partial charge in [-0.2, -0.15) is 0 Å². The summed E-state index contributed by atoms with van der Waals surface area (Å²) in [4.78, 5) is 17.2. The van der Waals surface area contributed by atoms with E-state index in [9.17, 15) is 20.1 Å². The van der Waals surface area contributed by atoms with Crippen LogP contribution in [0.2, 0.25) is 0 Å². The average molecular weight is 405 g/mol. The van der Waals surface area contributed by atoms with Crippen molar-refractivity contribution in [3.05, 3.63) is 65.7 Å². The third kappa shape index (κ3) is 5.10. The molecule has 3 rings (SSSR count). The van der Waals surface area contributed by atoms with Crippen molar-refractivity contribution in [2.45, 2.75) is 30.7 Å². The van der Waals surface area contributed by atoms with E-state index < -0.39 is 43.3 Å². The van der Waals surface area contributed by atoms with Gasteiger partial charge in [-0.15, -0.1) is 0 Å². The summed E-state index contributed by atoms with van der Waals surface area (Å²) in [6.07, 6.45) is -4.18. The van der Waals surface area contributed by atoms with E-state index >= 15 is 0 Å². The van der Waals surface area contributed by atoms with Gasteiger partial charge in [-0.1, -0.05) is 30.3 Å². The molecule has 9 heteroatoms. The molecule has 0 aromatic heterocycles. The van der Waals surface area contributed by atoms with Crippen LogP contribution in [0.3, 0.4) is 0 Å². The SMILES string of the molecule is O=C(OCc1ccccc1)c1ccc(NOCC2(O)O[C@H](CO)[C@@H](O)[C@@H]2O)cc1. The maximum absolute atomic E-state index is 12.1. The molecule has 2 aromatic rings. The van der Waals surface area contributed by atoms with E-state index in [4.69, 9.17) is 19.4 Å². The Morgan fingerprint density at radius 1 is 1.10 bits per heavy atom. The van der Waals surface area contributed by atoms with Crippen LogP contribution in [0.25, 0.3) is 0 Å². The summed E-state index contributed by atoms with van der Waals surface area (Å²) in [5.41, 5.74) is 4.25. The summed E-state index contributed by atoms with van der Waals surface area (Å²) in [7, 11) is 0. The number of nitrogens with one attached hydrogen (secondary N) is 1. The van der Waals surface area contributed by atoms with E-state index in [-0.39, 0.29) is 6.61 Å². The molecule has 1 aliphatic heterocycles. The lowest BCUT2D eigenvalue weighted by molar-refractivity contribution is -0.251. The Morgan fingerprint density at radius 3 is 2.41 bits per heavy atom. The largest absolute Gasteiger partial charge is 0.457 e. The zero-order valence-electron chi connectivity index (χ0n) is 15.5. The standard InChI is InChI=1S/C20H23NO8/c22-10-16-17(23)18(24)20(26,29-16)12-28-21-15-8-6-14(7-9-15)19(25)27-11-13-4-2-1-3-5-13/h1-9,16-18,21-24,26H,10-12H2/t16-,17-,18+,20?/m1/s1. The lowest BCUT2D eigenvalue weighted by Crippen LogP contribution is -2.47. The van der Waals surface area contributed by atoms with Crippen LogP contribution in [0, 0.1) is 0 Å². The van der Waals surface area contributed by atoms with Crippen molar-refractivity contribution in [1.82, 2.24) is 0 Å². The van der Waals surface area contributed by atoms with Crippen molar-refractivity contribution in [2.75, 3.05) is 18.7 Å². The van der Waals surface area contributed by atoms with Gasteiger partial charge in [-0.3, -0.25) is 10.3 Å². The lowest BCUT2D eigenvalue weighted by atomic mass is 10.1. The van der Waals surface area contributed by atoms with Crippen LogP contribution in [-0.2, 0) is 20.9 Å². The van der Waals surface area contributed by atoms with Crippen LogP contribution in [0.5, 0.6) is 0 Å². The highest BCUT2D eigenvalue weighted by Gasteiger charge is 2.53. The molecule has 0 aliphatic carbocycles. The van der Waals surface area contributed by atoms with Crippen molar-refractivity contribution in [2.24, 2.45) is 0 Å². The molecule has 1 unspecified atom stereocenters. The summed E-state index contributed by atoms with van der Waals surface area (Å²) in [5, 5.41) is 38.8. The van der Waals surface area contributed by atoms with Crippen molar-refractivity contribution in [3.63, 3.8) is 0 Å². The zero-order chi connectivity index (χ0) is 20.9. The number of carbonyl (C=O) groups excluding carboxylic acids is 1. The molecule has 1 heterocycles. The first-order valence-corrected chi connectivity index (χ1v) is 8.99. The highest BCUT2D eigenvalue weighted by molar-refractivity contribution is 5.89. The maximum Gasteiger partial charge on any atom is 0.338 e. The predicted octanol–water partition coefficient (Wildman–Crippen LogP) is 0.189. The Kier molecular flexibility index (Phi) is 6.80. The number of ether oxygens (including phenoxy) is 2. The fourth-order valence-electron chi connectivity index (χ4n) is 2.84. The lowest BCUT2D eigenvalue weighted by Gasteiger charge is -2.25. The molecule has 1 saturated heterocycles. The van der Waals surface area contributed by atoms with E-state index in [1.807, 2.05) is 30.3 Å². The first-order chi connectivity index (χ1) is 13.9. The minimum atomic E-state index is -2.17. The summed E-state index contributed by atoms with van der Waals surface area (Å²) in [5.74, 6) is -2.64. The number of anilines is 1. The Labute approximate surface area is 167 Å². The van der Waals surface area contributed by atoms with Gasteiger partial charge in [0.05, 0.1) is 17.9 Å². The minimum Gasteiger partial charge on any atom is -0.457 e. The third-order valence-electron chi connectivity index (χ3n) is 4.50. The van der Waals surface area contributed by atoms with Crippen LogP contribution >= 0.6 is 0 Å². The second-order valence-electron chi connectivity index (χ2n) is 6.65. The zero-order valence-corrected chi connectivity index (χ0v) is 15.5. The molecule has 0 saturated carbocycles. The quantitative estimate of drug-likeness (QED) is 0.308. The van der Waals surface area contributed by atoms with Crippen LogP contribution in [0.1, 0.15) is 15.9 Å². The molecule has 9 nitrogen and oxygen atoms in total. The number of carbonyl (C=O) groups is 1. The molecule has 1 aliphatic rings. The normalized spacial score (nSPS) is 26.3. The highest BCUT2D eigenvalue weighted by atomic mass is 16.7. The number of esters is 1. The molecular weight excluding hydrogens is 382 g/mol. The highest BCUT2D eigenvalue weighted by Crippen LogP contribution is 2.29. The summed E-state index contributed by atoms with van der Waals surface area (Å²) < 4.78 is 10.3. The first-order valence-electron chi connectivity index (χ1n) is 8.99. The molecular formula is C20H23NO8. The molecule has 0 spiro atoms. The topological polar surface area (TPSA) is 138 Å². The molecule has 0 bridgehead atoms. The Balaban J connectivity index is 1.47. The van der Waals surface area contributed by atoms with Gasteiger partial charge in [0.15, 0.2) is 0 Å². The van der Waals surface area contributed by atoms with E-state index in [1.54, 1.807) is 24.3 Å². The molecule has 2 aromatic carbocycles. The van der Waals surface area contributed by atoms with Crippen molar-refractivity contribution < 1.29 is 39.5 Å².